The number of benzene rings is 4. The van der Waals surface area contributed by atoms with Crippen molar-refractivity contribution < 1.29 is 0 Å². The largest absolute Gasteiger partial charge is 0.367 e. The number of rotatable bonds is 6. The summed E-state index contributed by atoms with van der Waals surface area (Å²) in [7, 11) is 11.6. The molecule has 3 aliphatic rings. The van der Waals surface area contributed by atoms with Crippen molar-refractivity contribution in [1.29, 1.82) is 0 Å². The number of aromatic nitrogens is 3. The summed E-state index contributed by atoms with van der Waals surface area (Å²) in [5, 5.41) is 11.0. The van der Waals surface area contributed by atoms with E-state index in [1.807, 2.05) is 4.68 Å². The van der Waals surface area contributed by atoms with Crippen molar-refractivity contribution in [3.05, 3.63) is 119 Å². The van der Waals surface area contributed by atoms with Crippen LogP contribution in [0.15, 0.2) is 97.1 Å². The second-order valence-electron chi connectivity index (χ2n) is 12.1. The van der Waals surface area contributed by atoms with Crippen LogP contribution in [0.3, 0.4) is 0 Å². The van der Waals surface area contributed by atoms with Gasteiger partial charge in [0.2, 0.25) is 0 Å². The van der Waals surface area contributed by atoms with Gasteiger partial charge in [-0.2, -0.15) is 0 Å². The van der Waals surface area contributed by atoms with Crippen LogP contribution in [0.4, 0.5) is 11.4 Å². The number of nitrogens with one attached hydrogen (secondary N) is 2. The molecule has 10 heteroatoms. The van der Waals surface area contributed by atoms with Gasteiger partial charge in [-0.05, 0) is 37.1 Å². The van der Waals surface area contributed by atoms with Crippen LogP contribution in [0.5, 0.6) is 0 Å². The fourth-order valence-corrected chi connectivity index (χ4v) is 7.02. The Bertz CT molecular complexity index is 1940. The van der Waals surface area contributed by atoms with Crippen LogP contribution < -0.4 is 20.8 Å². The highest BCUT2D eigenvalue weighted by molar-refractivity contribution is 6.09. The minimum Gasteiger partial charge on any atom is -0.367 e. The second kappa shape index (κ2) is 14.0. The van der Waals surface area contributed by atoms with E-state index < -0.39 is 0 Å². The number of hydrazine groups is 2. The lowest BCUT2D eigenvalue weighted by Gasteiger charge is -2.31. The average Bonchev–Trinajstić information content (AvgIpc) is 3.73. The Hall–Kier alpha value is -4.95. The Kier molecular flexibility index (Phi) is 9.25. The first-order valence-electron chi connectivity index (χ1n) is 16.9. The van der Waals surface area contributed by atoms with Crippen molar-refractivity contribution >= 4 is 38.5 Å². The number of fused-ring (bicyclic) bond motifs is 9. The predicted molar refractivity (Wildman–Crippen MR) is 198 cm³/mol. The molecule has 0 saturated heterocycles. The van der Waals surface area contributed by atoms with E-state index in [0.717, 1.165) is 55.4 Å². The SMILES string of the molecule is [B]CCN1NNC2=C1c1ccccc1N(CC)Cc1ccccc12.[B]CCn1nnc2c1-c1ccccc1CN(CC)c1ccccc1-2. The zero-order valence-corrected chi connectivity index (χ0v) is 27.7. The topological polar surface area (TPSA) is 64.5 Å². The molecule has 4 heterocycles. The van der Waals surface area contributed by atoms with E-state index in [9.17, 15) is 0 Å². The van der Waals surface area contributed by atoms with E-state index in [-0.39, 0.29) is 0 Å². The summed E-state index contributed by atoms with van der Waals surface area (Å²) >= 11 is 0. The smallest absolute Gasteiger partial charge is 0.123 e. The molecule has 0 unspecified atom stereocenters. The van der Waals surface area contributed by atoms with Crippen molar-refractivity contribution in [3.63, 3.8) is 0 Å². The van der Waals surface area contributed by atoms with Gasteiger partial charge >= 0.3 is 0 Å². The maximum absolute atomic E-state index is 5.83. The summed E-state index contributed by atoms with van der Waals surface area (Å²) in [5.74, 6) is 0. The Balaban J connectivity index is 0.000000152. The third-order valence-electron chi connectivity index (χ3n) is 9.30. The van der Waals surface area contributed by atoms with Gasteiger partial charge in [0.25, 0.3) is 0 Å². The molecule has 0 atom stereocenters. The first kappa shape index (κ1) is 31.6. The van der Waals surface area contributed by atoms with Crippen molar-refractivity contribution in [1.82, 2.24) is 31.0 Å². The maximum Gasteiger partial charge on any atom is 0.123 e. The molecule has 1 aromatic heterocycles. The van der Waals surface area contributed by atoms with Crippen molar-refractivity contribution in [2.45, 2.75) is 46.1 Å². The van der Waals surface area contributed by atoms with Gasteiger partial charge < -0.3 is 15.2 Å². The standard InChI is InChI=1S/C19H19BN4.C19H21BN4/c1-2-23-13-14-7-3-4-8-15(14)19-18(21-22-24(19)12-11-20)16-9-5-6-10-17(16)23;1-2-23-13-14-7-3-4-8-15(14)18-19(24(12-11-20)22-21-18)16-9-5-6-10-17(16)23/h3-10H,2,11-13H2,1H3;3-10,21-22H,2,11-13H2,1H3. The zero-order valence-electron chi connectivity index (χ0n) is 27.7. The molecule has 0 aliphatic carbocycles. The van der Waals surface area contributed by atoms with E-state index in [2.05, 4.69) is 147 Å². The van der Waals surface area contributed by atoms with E-state index in [4.69, 9.17) is 15.7 Å². The number of nitrogens with zero attached hydrogens (tertiary/aromatic N) is 6. The summed E-state index contributed by atoms with van der Waals surface area (Å²) in [5.41, 5.74) is 20.8. The van der Waals surface area contributed by atoms with E-state index >= 15 is 0 Å². The van der Waals surface area contributed by atoms with Gasteiger partial charge in [0.15, 0.2) is 0 Å². The Morgan fingerprint density at radius 3 is 1.83 bits per heavy atom. The highest BCUT2D eigenvalue weighted by Crippen LogP contribution is 2.41. The van der Waals surface area contributed by atoms with Gasteiger partial charge in [0, 0.05) is 72.9 Å². The van der Waals surface area contributed by atoms with Crippen LogP contribution in [-0.2, 0) is 19.6 Å². The summed E-state index contributed by atoms with van der Waals surface area (Å²) in [6.45, 7) is 9.48. The van der Waals surface area contributed by atoms with E-state index in [1.54, 1.807) is 0 Å². The molecular formula is C38H40B2N8. The zero-order chi connectivity index (χ0) is 33.0. The maximum atomic E-state index is 5.83. The van der Waals surface area contributed by atoms with Gasteiger partial charge in [0.1, 0.15) is 5.69 Å². The molecule has 5 aromatic rings. The van der Waals surface area contributed by atoms with Gasteiger partial charge in [-0.25, -0.2) is 4.68 Å². The molecule has 8 nitrogen and oxygen atoms in total. The monoisotopic (exact) mass is 630 g/mol. The number of hydrogen-bond donors (Lipinski definition) is 2. The van der Waals surface area contributed by atoms with Gasteiger partial charge in [0.05, 0.1) is 32.8 Å². The number of para-hydroxylation sites is 2. The Morgan fingerprint density at radius 2 is 1.19 bits per heavy atom. The summed E-state index contributed by atoms with van der Waals surface area (Å²) in [6, 6.07) is 34.2. The molecule has 0 amide bonds. The highest BCUT2D eigenvalue weighted by atomic mass is 15.7. The summed E-state index contributed by atoms with van der Waals surface area (Å²) < 4.78 is 1.94. The third kappa shape index (κ3) is 5.75. The molecule has 8 rings (SSSR count). The minimum atomic E-state index is 0.542. The minimum absolute atomic E-state index is 0.542. The fourth-order valence-electron chi connectivity index (χ4n) is 7.02. The lowest BCUT2D eigenvalue weighted by atomic mass is 9.95. The van der Waals surface area contributed by atoms with Crippen LogP contribution in [0, 0.1) is 0 Å². The van der Waals surface area contributed by atoms with Crippen LogP contribution in [0.25, 0.3) is 33.9 Å². The quantitative estimate of drug-likeness (QED) is 0.214. The van der Waals surface area contributed by atoms with Crippen molar-refractivity contribution in [2.24, 2.45) is 0 Å². The lowest BCUT2D eigenvalue weighted by Crippen LogP contribution is -2.38. The molecule has 0 fully saturated rings. The Morgan fingerprint density at radius 1 is 0.646 bits per heavy atom. The average molecular weight is 630 g/mol. The fraction of sp³-hybridized carbons (Fsp3) is 0.263. The van der Waals surface area contributed by atoms with E-state index in [1.165, 1.54) is 44.9 Å². The highest BCUT2D eigenvalue weighted by Gasteiger charge is 2.30. The Labute approximate surface area is 286 Å². The molecule has 2 N–H and O–H groups in total. The molecule has 4 radical (unpaired) electrons. The molecule has 238 valence electrons. The first-order valence-corrected chi connectivity index (χ1v) is 16.9. The second-order valence-corrected chi connectivity index (χ2v) is 12.1. The number of anilines is 2. The van der Waals surface area contributed by atoms with Gasteiger partial charge in [-0.1, -0.05) is 103 Å². The summed E-state index contributed by atoms with van der Waals surface area (Å²) in [6.07, 6.45) is 1.13. The number of hydrogen-bond acceptors (Lipinski definition) is 7. The predicted octanol–water partition coefficient (Wildman–Crippen LogP) is 6.30. The molecular weight excluding hydrogens is 590 g/mol. The number of aryl methyl sites for hydroxylation is 1. The third-order valence-corrected chi connectivity index (χ3v) is 9.30. The van der Waals surface area contributed by atoms with Crippen LogP contribution >= 0.6 is 0 Å². The van der Waals surface area contributed by atoms with Gasteiger partial charge in [-0.15, -0.1) is 10.6 Å². The first-order chi connectivity index (χ1) is 23.7. The lowest BCUT2D eigenvalue weighted by molar-refractivity contribution is 0.302. The molecule has 0 saturated carbocycles. The van der Waals surface area contributed by atoms with E-state index in [0.29, 0.717) is 19.2 Å². The van der Waals surface area contributed by atoms with Crippen LogP contribution in [-0.4, -0.2) is 55.3 Å². The molecule has 0 spiro atoms. The summed E-state index contributed by atoms with van der Waals surface area (Å²) in [4.78, 5) is 4.82. The van der Waals surface area contributed by atoms with Crippen LogP contribution in [0.2, 0.25) is 12.6 Å². The molecule has 3 aliphatic heterocycles. The van der Waals surface area contributed by atoms with Crippen LogP contribution in [0.1, 0.15) is 36.1 Å². The van der Waals surface area contributed by atoms with Crippen molar-refractivity contribution in [3.8, 4) is 22.5 Å². The van der Waals surface area contributed by atoms with Crippen molar-refractivity contribution in [2.75, 3.05) is 29.4 Å². The van der Waals surface area contributed by atoms with Gasteiger partial charge in [-0.3, -0.25) is 5.01 Å². The molecule has 4 aromatic carbocycles. The normalized spacial score (nSPS) is 14.4. The molecule has 0 bridgehead atoms. The molecule has 48 heavy (non-hydrogen) atoms.